The third-order valence-electron chi connectivity index (χ3n) is 1.28. The third kappa shape index (κ3) is 2.04. The molecule has 1 aromatic carbocycles. The fraction of sp³-hybridized carbons (Fsp3) is 0.125. The predicted molar refractivity (Wildman–Crippen MR) is 48.7 cm³/mol. The molecule has 4 heteroatoms. The lowest BCUT2D eigenvalue weighted by atomic mass is 10.2. The zero-order valence-electron chi connectivity index (χ0n) is 6.42. The third-order valence-corrected chi connectivity index (χ3v) is 1.89. The Morgan fingerprint density at radius 1 is 1.58 bits per heavy atom. The van der Waals surface area contributed by atoms with Gasteiger partial charge in [0, 0.05) is 5.56 Å². The Morgan fingerprint density at radius 3 is 3.00 bits per heavy atom. The average Bonchev–Trinajstić information content (AvgIpc) is 2.08. The molecular formula is C8H7BrFNO. The highest BCUT2D eigenvalue weighted by Gasteiger charge is 2.02. The highest BCUT2D eigenvalue weighted by atomic mass is 79.9. The van der Waals surface area contributed by atoms with Crippen molar-refractivity contribution in [2.45, 2.75) is 0 Å². The van der Waals surface area contributed by atoms with Crippen LogP contribution >= 0.6 is 15.9 Å². The maximum atomic E-state index is 13.1. The number of nitrogens with zero attached hydrogens (tertiary/aromatic N) is 1. The summed E-state index contributed by atoms with van der Waals surface area (Å²) < 4.78 is 13.6. The normalized spacial score (nSPS) is 10.6. The first kappa shape index (κ1) is 9.19. The molecule has 64 valence electrons. The van der Waals surface area contributed by atoms with E-state index in [9.17, 15) is 4.39 Å². The maximum absolute atomic E-state index is 13.1. The quantitative estimate of drug-likeness (QED) is 0.567. The van der Waals surface area contributed by atoms with E-state index in [4.69, 9.17) is 0 Å². The molecule has 0 atom stereocenters. The van der Waals surface area contributed by atoms with Gasteiger partial charge in [-0.1, -0.05) is 17.3 Å². The van der Waals surface area contributed by atoms with Crippen molar-refractivity contribution >= 4 is 22.1 Å². The lowest BCUT2D eigenvalue weighted by Crippen LogP contribution is -1.89. The molecule has 0 amide bonds. The van der Waals surface area contributed by atoms with Crippen molar-refractivity contribution in [1.29, 1.82) is 0 Å². The number of benzene rings is 1. The van der Waals surface area contributed by atoms with Gasteiger partial charge in [0.05, 0.1) is 10.7 Å². The largest absolute Gasteiger partial charge is 0.399 e. The molecule has 0 aliphatic rings. The van der Waals surface area contributed by atoms with Crippen molar-refractivity contribution in [1.82, 2.24) is 0 Å². The van der Waals surface area contributed by atoms with Crippen LogP contribution in [0.15, 0.2) is 27.8 Å². The first-order chi connectivity index (χ1) is 5.75. The summed E-state index contributed by atoms with van der Waals surface area (Å²) in [5.41, 5.74) is 0.395. The summed E-state index contributed by atoms with van der Waals surface area (Å²) in [4.78, 5) is 4.43. The van der Waals surface area contributed by atoms with Gasteiger partial charge in [-0.15, -0.1) is 0 Å². The van der Waals surface area contributed by atoms with Crippen LogP contribution in [0.2, 0.25) is 0 Å². The first-order valence-corrected chi connectivity index (χ1v) is 4.05. The molecule has 1 rings (SSSR count). The van der Waals surface area contributed by atoms with Crippen molar-refractivity contribution in [2.75, 3.05) is 7.11 Å². The summed E-state index contributed by atoms with van der Waals surface area (Å²) in [6.45, 7) is 0. The van der Waals surface area contributed by atoms with E-state index in [-0.39, 0.29) is 5.82 Å². The minimum absolute atomic E-state index is 0.335. The first-order valence-electron chi connectivity index (χ1n) is 3.26. The SMILES string of the molecule is CO/N=C\c1cccc(Br)c1F. The topological polar surface area (TPSA) is 21.6 Å². The van der Waals surface area contributed by atoms with E-state index in [2.05, 4.69) is 25.9 Å². The molecule has 12 heavy (non-hydrogen) atoms. The van der Waals surface area contributed by atoms with E-state index < -0.39 is 0 Å². The molecule has 0 aliphatic heterocycles. The molecule has 0 aliphatic carbocycles. The fourth-order valence-corrected chi connectivity index (χ4v) is 1.11. The van der Waals surface area contributed by atoms with Crippen LogP contribution in [-0.2, 0) is 4.84 Å². The number of hydrogen-bond donors (Lipinski definition) is 0. The number of hydrogen-bond acceptors (Lipinski definition) is 2. The molecule has 0 heterocycles. The Hall–Kier alpha value is -0.900. The van der Waals surface area contributed by atoms with Gasteiger partial charge in [0.2, 0.25) is 0 Å². The molecule has 0 spiro atoms. The smallest absolute Gasteiger partial charge is 0.146 e. The van der Waals surface area contributed by atoms with Crippen molar-refractivity contribution < 1.29 is 9.23 Å². The summed E-state index contributed by atoms with van der Waals surface area (Å²) >= 11 is 3.06. The number of halogens is 2. The Kier molecular flexibility index (Phi) is 3.22. The monoisotopic (exact) mass is 231 g/mol. The summed E-state index contributed by atoms with van der Waals surface area (Å²) in [5.74, 6) is -0.335. The second-order valence-corrected chi connectivity index (χ2v) is 2.91. The average molecular weight is 232 g/mol. The molecule has 0 saturated carbocycles. The van der Waals surface area contributed by atoms with Crippen LogP contribution in [0.4, 0.5) is 4.39 Å². The Morgan fingerprint density at radius 2 is 2.33 bits per heavy atom. The summed E-state index contributed by atoms with van der Waals surface area (Å²) in [7, 11) is 1.41. The maximum Gasteiger partial charge on any atom is 0.146 e. The van der Waals surface area contributed by atoms with Crippen LogP contribution in [0, 0.1) is 5.82 Å². The van der Waals surface area contributed by atoms with Gasteiger partial charge in [0.25, 0.3) is 0 Å². The highest BCUT2D eigenvalue weighted by molar-refractivity contribution is 9.10. The Labute approximate surface area is 78.2 Å². The molecule has 0 unspecified atom stereocenters. The van der Waals surface area contributed by atoms with E-state index in [0.717, 1.165) is 0 Å². The van der Waals surface area contributed by atoms with Gasteiger partial charge in [-0.25, -0.2) is 4.39 Å². The van der Waals surface area contributed by atoms with Gasteiger partial charge in [0.15, 0.2) is 0 Å². The van der Waals surface area contributed by atoms with Crippen molar-refractivity contribution in [2.24, 2.45) is 5.16 Å². The molecule has 0 radical (unpaired) electrons. The van der Waals surface area contributed by atoms with Crippen molar-refractivity contribution in [3.8, 4) is 0 Å². The molecule has 0 bridgehead atoms. The number of rotatable bonds is 2. The van der Waals surface area contributed by atoms with Crippen molar-refractivity contribution in [3.05, 3.63) is 34.1 Å². The van der Waals surface area contributed by atoms with Gasteiger partial charge in [-0.05, 0) is 22.0 Å². The predicted octanol–water partition coefficient (Wildman–Crippen LogP) is 2.57. The molecular weight excluding hydrogens is 225 g/mol. The highest BCUT2D eigenvalue weighted by Crippen LogP contribution is 2.16. The van der Waals surface area contributed by atoms with Gasteiger partial charge in [-0.3, -0.25) is 0 Å². The van der Waals surface area contributed by atoms with E-state index in [1.54, 1.807) is 18.2 Å². The zero-order chi connectivity index (χ0) is 8.97. The van der Waals surface area contributed by atoms with Gasteiger partial charge in [-0.2, -0.15) is 0 Å². The van der Waals surface area contributed by atoms with Crippen LogP contribution in [0.5, 0.6) is 0 Å². The van der Waals surface area contributed by atoms with Crippen LogP contribution in [-0.4, -0.2) is 13.3 Å². The lowest BCUT2D eigenvalue weighted by molar-refractivity contribution is 0.215. The van der Waals surface area contributed by atoms with Gasteiger partial charge in [0.1, 0.15) is 12.9 Å². The molecule has 0 saturated heterocycles. The Bertz CT molecular complexity index is 301. The van der Waals surface area contributed by atoms with E-state index in [1.807, 2.05) is 0 Å². The van der Waals surface area contributed by atoms with E-state index in [0.29, 0.717) is 10.0 Å². The minimum atomic E-state index is -0.335. The van der Waals surface area contributed by atoms with Crippen LogP contribution < -0.4 is 0 Å². The van der Waals surface area contributed by atoms with Gasteiger partial charge >= 0.3 is 0 Å². The van der Waals surface area contributed by atoms with Crippen molar-refractivity contribution in [3.63, 3.8) is 0 Å². The second-order valence-electron chi connectivity index (χ2n) is 2.06. The number of oxime groups is 1. The molecule has 0 aromatic heterocycles. The standard InChI is InChI=1S/C8H7BrFNO/c1-12-11-5-6-3-2-4-7(9)8(6)10/h2-5H,1H3/b11-5-. The minimum Gasteiger partial charge on any atom is -0.399 e. The van der Waals surface area contributed by atoms with E-state index in [1.165, 1.54) is 13.3 Å². The summed E-state index contributed by atoms with van der Waals surface area (Å²) in [6.07, 6.45) is 1.32. The molecule has 2 nitrogen and oxygen atoms in total. The van der Waals surface area contributed by atoms with Gasteiger partial charge < -0.3 is 4.84 Å². The van der Waals surface area contributed by atoms with Crippen LogP contribution in [0.3, 0.4) is 0 Å². The molecule has 1 aromatic rings. The van der Waals surface area contributed by atoms with Crippen LogP contribution in [0.25, 0.3) is 0 Å². The second kappa shape index (κ2) is 4.21. The zero-order valence-corrected chi connectivity index (χ0v) is 8.01. The molecule has 0 fully saturated rings. The summed E-state index contributed by atoms with van der Waals surface area (Å²) in [6, 6.07) is 4.96. The summed E-state index contributed by atoms with van der Waals surface area (Å²) in [5, 5.41) is 3.46. The van der Waals surface area contributed by atoms with Crippen LogP contribution in [0.1, 0.15) is 5.56 Å². The van der Waals surface area contributed by atoms with E-state index >= 15 is 0 Å². The Balaban J connectivity index is 3.00. The molecule has 0 N–H and O–H groups in total. The fourth-order valence-electron chi connectivity index (χ4n) is 0.730. The lowest BCUT2D eigenvalue weighted by Gasteiger charge is -1.96.